The molecule has 43 heavy (non-hydrogen) atoms. The summed E-state index contributed by atoms with van der Waals surface area (Å²) < 4.78 is 11.1. The number of Topliss-reactive ketones (excluding diaryl/α,β-unsaturated/α-hetero) is 2. The van der Waals surface area contributed by atoms with Gasteiger partial charge in [-0.25, -0.2) is 0 Å². The summed E-state index contributed by atoms with van der Waals surface area (Å²) in [7, 11) is 3.03. The fourth-order valence-corrected chi connectivity index (χ4v) is 7.33. The number of anilines is 2. The van der Waals surface area contributed by atoms with Gasteiger partial charge in [-0.05, 0) is 48.4 Å². The Morgan fingerprint density at radius 1 is 0.837 bits per heavy atom. The zero-order valence-corrected chi connectivity index (χ0v) is 24.0. The number of carbonyl (C=O) groups excluding carboxylic acids is 3. The fraction of sp³-hybridized carbons (Fsp3) is 0.194. The van der Waals surface area contributed by atoms with E-state index in [1.54, 1.807) is 30.3 Å². The molecule has 4 atom stereocenters. The monoisotopic (exact) mass is 570 g/mol. The zero-order chi connectivity index (χ0) is 29.9. The molecule has 4 aromatic carbocycles. The number of hydrogen-bond acceptors (Lipinski definition) is 6. The van der Waals surface area contributed by atoms with E-state index in [1.807, 2.05) is 84.6 Å². The minimum atomic E-state index is -1.41. The van der Waals surface area contributed by atoms with E-state index in [0.29, 0.717) is 28.3 Å². The number of amides is 1. The van der Waals surface area contributed by atoms with E-state index in [-0.39, 0.29) is 23.0 Å². The lowest BCUT2D eigenvalue weighted by molar-refractivity contribution is -0.121. The largest absolute Gasteiger partial charge is 0.497 e. The Hall–Kier alpha value is -5.17. The molecule has 3 aliphatic heterocycles. The Balaban J connectivity index is 1.57. The molecule has 0 radical (unpaired) electrons. The van der Waals surface area contributed by atoms with Crippen LogP contribution in [0, 0.1) is 5.92 Å². The highest BCUT2D eigenvalue weighted by atomic mass is 16.5. The van der Waals surface area contributed by atoms with Crippen LogP contribution in [0.2, 0.25) is 0 Å². The predicted octanol–water partition coefficient (Wildman–Crippen LogP) is 5.95. The summed E-state index contributed by atoms with van der Waals surface area (Å²) in [5.74, 6) is -1.20. The molecule has 3 aliphatic rings. The molecule has 1 amide bonds. The molecule has 1 N–H and O–H groups in total. The highest BCUT2D eigenvalue weighted by molar-refractivity contribution is 6.19. The van der Waals surface area contributed by atoms with Gasteiger partial charge in [0.2, 0.25) is 5.91 Å². The maximum absolute atomic E-state index is 15.2. The lowest BCUT2D eigenvalue weighted by Gasteiger charge is -2.39. The number of nitrogens with one attached hydrogen (secondary N) is 1. The molecule has 214 valence electrons. The Bertz CT molecular complexity index is 1830. The Morgan fingerprint density at radius 3 is 2.33 bits per heavy atom. The average molecular weight is 571 g/mol. The van der Waals surface area contributed by atoms with Crippen LogP contribution in [0.5, 0.6) is 11.5 Å². The molecule has 0 aliphatic carbocycles. The number of hydrogen-bond donors (Lipinski definition) is 1. The van der Waals surface area contributed by atoms with Gasteiger partial charge < -0.3 is 19.7 Å². The molecule has 7 heteroatoms. The van der Waals surface area contributed by atoms with Crippen LogP contribution in [0.25, 0.3) is 5.57 Å². The van der Waals surface area contributed by atoms with Crippen LogP contribution in [0.3, 0.4) is 0 Å². The van der Waals surface area contributed by atoms with E-state index in [2.05, 4.69) is 5.32 Å². The highest BCUT2D eigenvalue weighted by Gasteiger charge is 2.70. The van der Waals surface area contributed by atoms with Gasteiger partial charge in [0, 0.05) is 22.5 Å². The van der Waals surface area contributed by atoms with E-state index in [4.69, 9.17) is 9.47 Å². The lowest BCUT2D eigenvalue weighted by Crippen LogP contribution is -2.51. The molecule has 7 nitrogen and oxygen atoms in total. The first-order chi connectivity index (χ1) is 20.9. The minimum absolute atomic E-state index is 0.234. The van der Waals surface area contributed by atoms with Crippen molar-refractivity contribution in [3.05, 3.63) is 125 Å². The van der Waals surface area contributed by atoms with E-state index < -0.39 is 23.4 Å². The molecule has 0 bridgehead atoms. The van der Waals surface area contributed by atoms with Gasteiger partial charge in [-0.2, -0.15) is 0 Å². The van der Waals surface area contributed by atoms with Gasteiger partial charge in [0.25, 0.3) is 0 Å². The van der Waals surface area contributed by atoms with Crippen LogP contribution < -0.4 is 19.7 Å². The first kappa shape index (κ1) is 26.7. The van der Waals surface area contributed by atoms with Gasteiger partial charge in [0.1, 0.15) is 23.0 Å². The Labute approximate surface area is 249 Å². The topological polar surface area (TPSA) is 84.9 Å². The molecular formula is C36H30N2O5. The van der Waals surface area contributed by atoms with E-state index >= 15 is 4.79 Å². The average Bonchev–Trinajstić information content (AvgIpc) is 3.52. The summed E-state index contributed by atoms with van der Waals surface area (Å²) in [6, 6.07) is 27.7. The number of nitrogens with zero attached hydrogens (tertiary/aromatic N) is 1. The maximum Gasteiger partial charge on any atom is 0.238 e. The van der Waals surface area contributed by atoms with Gasteiger partial charge in [-0.15, -0.1) is 0 Å². The summed E-state index contributed by atoms with van der Waals surface area (Å²) >= 11 is 0. The van der Waals surface area contributed by atoms with Crippen LogP contribution in [-0.2, 0) is 10.2 Å². The lowest BCUT2D eigenvalue weighted by atomic mass is 9.63. The van der Waals surface area contributed by atoms with Crippen molar-refractivity contribution in [2.45, 2.75) is 24.4 Å². The normalized spacial score (nSPS) is 23.1. The van der Waals surface area contributed by atoms with Crippen molar-refractivity contribution < 1.29 is 23.9 Å². The summed E-state index contributed by atoms with van der Waals surface area (Å²) in [5.41, 5.74) is 3.39. The molecule has 7 rings (SSSR count). The van der Waals surface area contributed by atoms with Crippen molar-refractivity contribution in [2.24, 2.45) is 5.92 Å². The molecule has 3 heterocycles. The van der Waals surface area contributed by atoms with Gasteiger partial charge in [0.05, 0.1) is 31.7 Å². The van der Waals surface area contributed by atoms with Crippen molar-refractivity contribution in [3.8, 4) is 11.5 Å². The first-order valence-corrected chi connectivity index (χ1v) is 14.2. The van der Waals surface area contributed by atoms with Crippen molar-refractivity contribution in [3.63, 3.8) is 0 Å². The zero-order valence-electron chi connectivity index (χ0n) is 24.0. The molecule has 4 aromatic rings. The maximum atomic E-state index is 15.2. The summed E-state index contributed by atoms with van der Waals surface area (Å²) in [6.45, 7) is 2.01. The van der Waals surface area contributed by atoms with Gasteiger partial charge in [0.15, 0.2) is 11.6 Å². The van der Waals surface area contributed by atoms with Crippen molar-refractivity contribution in [2.75, 3.05) is 24.4 Å². The predicted molar refractivity (Wildman–Crippen MR) is 165 cm³/mol. The molecule has 1 fully saturated rings. The van der Waals surface area contributed by atoms with Crippen LogP contribution in [0.15, 0.2) is 103 Å². The van der Waals surface area contributed by atoms with Gasteiger partial charge in [-0.1, -0.05) is 72.8 Å². The van der Waals surface area contributed by atoms with Crippen molar-refractivity contribution >= 4 is 34.4 Å². The number of fused-ring (bicyclic) bond motifs is 6. The SMILES string of the molecule is COc1ccc(OC)c(C(=O)[C@@H]2[C@@H](C(=O)c3ccccc3)N3c4ccccc4C(C)=C[C@@H]3[C@@]23C(=O)Nc2ccccc23)c1. The fourth-order valence-electron chi connectivity index (χ4n) is 7.33. The molecule has 1 spiro atoms. The van der Waals surface area contributed by atoms with Crippen LogP contribution in [0.4, 0.5) is 11.4 Å². The standard InChI is InChI=1S/C36H30N2O5/c1-21-19-30-36(26-14-8-9-15-27(26)37-35(36)41)31(34(40)25-20-23(42-2)17-18-29(25)43-3)32(33(39)22-11-5-4-6-12-22)38(30)28-16-10-7-13-24(21)28/h4-20,30-32H,1-3H3,(H,37,41)/t30-,31+,32+,36-/m1/s1. The third-order valence-electron chi connectivity index (χ3n) is 9.17. The Kier molecular flexibility index (Phi) is 6.20. The van der Waals surface area contributed by atoms with Crippen LogP contribution >= 0.6 is 0 Å². The van der Waals surface area contributed by atoms with E-state index in [0.717, 1.165) is 16.8 Å². The number of rotatable bonds is 6. The second-order valence-electron chi connectivity index (χ2n) is 11.2. The number of ketones is 2. The summed E-state index contributed by atoms with van der Waals surface area (Å²) in [5, 5.41) is 3.07. The number of benzene rings is 4. The van der Waals surface area contributed by atoms with Crippen LogP contribution in [-0.4, -0.2) is 43.8 Å². The van der Waals surface area contributed by atoms with Crippen LogP contribution in [0.1, 0.15) is 38.8 Å². The van der Waals surface area contributed by atoms with E-state index in [9.17, 15) is 9.59 Å². The minimum Gasteiger partial charge on any atom is -0.497 e. The highest BCUT2D eigenvalue weighted by Crippen LogP contribution is 2.59. The number of para-hydroxylation sites is 2. The number of methoxy groups -OCH3 is 2. The first-order valence-electron chi connectivity index (χ1n) is 14.2. The van der Waals surface area contributed by atoms with Crippen molar-refractivity contribution in [1.82, 2.24) is 0 Å². The third-order valence-corrected chi connectivity index (χ3v) is 9.17. The van der Waals surface area contributed by atoms with Gasteiger partial charge in [-0.3, -0.25) is 14.4 Å². The summed E-state index contributed by atoms with van der Waals surface area (Å²) in [6.07, 6.45) is 2.05. The molecule has 0 saturated carbocycles. The molecular weight excluding hydrogens is 540 g/mol. The second kappa shape index (κ2) is 9.98. The summed E-state index contributed by atoms with van der Waals surface area (Å²) in [4.78, 5) is 46.5. The van der Waals surface area contributed by atoms with Crippen molar-refractivity contribution in [1.29, 1.82) is 0 Å². The molecule has 0 aromatic heterocycles. The third kappa shape index (κ3) is 3.70. The quantitative estimate of drug-likeness (QED) is 0.289. The smallest absolute Gasteiger partial charge is 0.238 e. The van der Waals surface area contributed by atoms with E-state index in [1.165, 1.54) is 14.2 Å². The number of allylic oxidation sites excluding steroid dienone is 1. The second-order valence-corrected chi connectivity index (χ2v) is 11.2. The number of ether oxygens (including phenoxy) is 2. The molecule has 1 saturated heterocycles. The number of carbonyl (C=O) groups is 3. The van der Waals surface area contributed by atoms with Gasteiger partial charge >= 0.3 is 0 Å². The Morgan fingerprint density at radius 2 is 1.56 bits per heavy atom. The molecule has 0 unspecified atom stereocenters.